The molecule has 0 saturated carbocycles. The van der Waals surface area contributed by atoms with Crippen LogP contribution in [0.25, 0.3) is 0 Å². The summed E-state index contributed by atoms with van der Waals surface area (Å²) in [6, 6.07) is 0.482. The maximum Gasteiger partial charge on any atom is 0.239 e. The van der Waals surface area contributed by atoms with Gasteiger partial charge in [0.2, 0.25) is 11.8 Å². The highest BCUT2D eigenvalue weighted by atomic mass is 35.5. The SMILES string of the molecule is CNC(=O)CNC(=O)CCC1CCCN1.Cl. The molecule has 1 fully saturated rings. The van der Waals surface area contributed by atoms with E-state index in [1.807, 2.05) is 0 Å². The first-order valence-electron chi connectivity index (χ1n) is 5.43. The maximum atomic E-state index is 11.3. The Bertz CT molecular complexity index is 230. The van der Waals surface area contributed by atoms with Crippen LogP contribution in [0.5, 0.6) is 0 Å². The first-order chi connectivity index (χ1) is 7.22. The summed E-state index contributed by atoms with van der Waals surface area (Å²) in [4.78, 5) is 22.1. The fraction of sp³-hybridized carbons (Fsp3) is 0.800. The van der Waals surface area contributed by atoms with E-state index in [0.29, 0.717) is 12.5 Å². The van der Waals surface area contributed by atoms with Crippen LogP contribution in [0.2, 0.25) is 0 Å². The lowest BCUT2D eigenvalue weighted by molar-refractivity contribution is -0.125. The summed E-state index contributed by atoms with van der Waals surface area (Å²) in [6.07, 6.45) is 3.71. The lowest BCUT2D eigenvalue weighted by Crippen LogP contribution is -2.35. The summed E-state index contributed by atoms with van der Waals surface area (Å²) in [5, 5.41) is 8.36. The van der Waals surface area contributed by atoms with E-state index in [0.717, 1.165) is 19.4 Å². The molecule has 1 aliphatic heterocycles. The van der Waals surface area contributed by atoms with Crippen molar-refractivity contribution in [1.82, 2.24) is 16.0 Å². The average Bonchev–Trinajstić information content (AvgIpc) is 2.75. The smallest absolute Gasteiger partial charge is 0.239 e. The first-order valence-corrected chi connectivity index (χ1v) is 5.43. The van der Waals surface area contributed by atoms with Crippen LogP contribution in [-0.4, -0.2) is 38.0 Å². The van der Waals surface area contributed by atoms with Gasteiger partial charge in [0.05, 0.1) is 6.54 Å². The number of carbonyl (C=O) groups excluding carboxylic acids is 2. The van der Waals surface area contributed by atoms with Gasteiger partial charge in [-0.15, -0.1) is 12.4 Å². The molecule has 0 aromatic heterocycles. The Balaban J connectivity index is 0.00000225. The van der Waals surface area contributed by atoms with E-state index in [-0.39, 0.29) is 30.8 Å². The van der Waals surface area contributed by atoms with Crippen molar-refractivity contribution >= 4 is 24.2 Å². The molecule has 16 heavy (non-hydrogen) atoms. The van der Waals surface area contributed by atoms with E-state index in [1.165, 1.54) is 6.42 Å². The normalized spacial score (nSPS) is 18.7. The highest BCUT2D eigenvalue weighted by Gasteiger charge is 2.15. The molecule has 0 radical (unpaired) electrons. The summed E-state index contributed by atoms with van der Waals surface area (Å²) < 4.78 is 0. The third kappa shape index (κ3) is 5.92. The Hall–Kier alpha value is -0.810. The molecule has 0 aromatic rings. The zero-order valence-electron chi connectivity index (χ0n) is 9.54. The molecular weight excluding hydrogens is 230 g/mol. The van der Waals surface area contributed by atoms with Crippen LogP contribution in [0.1, 0.15) is 25.7 Å². The minimum absolute atomic E-state index is 0. The molecule has 0 aromatic carbocycles. The molecule has 0 bridgehead atoms. The van der Waals surface area contributed by atoms with Crippen molar-refractivity contribution in [1.29, 1.82) is 0 Å². The maximum absolute atomic E-state index is 11.3. The highest BCUT2D eigenvalue weighted by Crippen LogP contribution is 2.10. The molecule has 94 valence electrons. The molecule has 3 N–H and O–H groups in total. The predicted octanol–water partition coefficient (Wildman–Crippen LogP) is -0.197. The third-order valence-corrected chi connectivity index (χ3v) is 2.61. The Morgan fingerprint density at radius 2 is 2.12 bits per heavy atom. The summed E-state index contributed by atoms with van der Waals surface area (Å²) in [7, 11) is 1.55. The quantitative estimate of drug-likeness (QED) is 0.632. The number of likely N-dealkylation sites (N-methyl/N-ethyl adjacent to an activating group) is 1. The molecule has 2 amide bonds. The number of hydrogen-bond donors (Lipinski definition) is 3. The fourth-order valence-electron chi connectivity index (χ4n) is 1.66. The van der Waals surface area contributed by atoms with Crippen molar-refractivity contribution in [2.24, 2.45) is 0 Å². The van der Waals surface area contributed by atoms with Gasteiger partial charge >= 0.3 is 0 Å². The molecule has 1 saturated heterocycles. The summed E-state index contributed by atoms with van der Waals surface area (Å²) >= 11 is 0. The van der Waals surface area contributed by atoms with Gasteiger partial charge in [-0.1, -0.05) is 0 Å². The van der Waals surface area contributed by atoms with Crippen molar-refractivity contribution in [3.63, 3.8) is 0 Å². The van der Waals surface area contributed by atoms with Crippen LogP contribution >= 0.6 is 12.4 Å². The molecule has 6 heteroatoms. The van der Waals surface area contributed by atoms with Gasteiger partial charge in [0.1, 0.15) is 0 Å². The summed E-state index contributed by atoms with van der Waals surface area (Å²) in [6.45, 7) is 1.14. The van der Waals surface area contributed by atoms with Gasteiger partial charge in [-0.25, -0.2) is 0 Å². The minimum Gasteiger partial charge on any atom is -0.358 e. The lowest BCUT2D eigenvalue weighted by Gasteiger charge is -2.09. The minimum atomic E-state index is -0.164. The van der Waals surface area contributed by atoms with Gasteiger partial charge in [-0.2, -0.15) is 0 Å². The standard InChI is InChI=1S/C10H19N3O2.ClH/c1-11-10(15)7-13-9(14)5-4-8-3-2-6-12-8;/h8,12H,2-7H2,1H3,(H,11,15)(H,13,14);1H. The highest BCUT2D eigenvalue weighted by molar-refractivity contribution is 5.85. The zero-order valence-corrected chi connectivity index (χ0v) is 10.4. The van der Waals surface area contributed by atoms with Gasteiger partial charge in [0, 0.05) is 19.5 Å². The van der Waals surface area contributed by atoms with Crippen LogP contribution in [-0.2, 0) is 9.59 Å². The molecule has 1 heterocycles. The summed E-state index contributed by atoms with van der Waals surface area (Å²) in [5.74, 6) is -0.213. The number of carbonyl (C=O) groups is 2. The van der Waals surface area contributed by atoms with Gasteiger partial charge in [-0.05, 0) is 25.8 Å². The van der Waals surface area contributed by atoms with Crippen molar-refractivity contribution < 1.29 is 9.59 Å². The third-order valence-electron chi connectivity index (χ3n) is 2.61. The molecule has 1 rings (SSSR count). The Morgan fingerprint density at radius 1 is 1.38 bits per heavy atom. The van der Waals surface area contributed by atoms with Crippen LogP contribution in [0, 0.1) is 0 Å². The van der Waals surface area contributed by atoms with Crippen molar-refractivity contribution in [2.75, 3.05) is 20.1 Å². The van der Waals surface area contributed by atoms with Gasteiger partial charge < -0.3 is 16.0 Å². The predicted molar refractivity (Wildman–Crippen MR) is 64.6 cm³/mol. The number of amides is 2. The zero-order chi connectivity index (χ0) is 11.1. The monoisotopic (exact) mass is 249 g/mol. The van der Waals surface area contributed by atoms with Crippen LogP contribution < -0.4 is 16.0 Å². The lowest BCUT2D eigenvalue weighted by atomic mass is 10.1. The van der Waals surface area contributed by atoms with Gasteiger partial charge in [0.15, 0.2) is 0 Å². The molecule has 1 atom stereocenters. The van der Waals surface area contributed by atoms with Crippen LogP contribution in [0.3, 0.4) is 0 Å². The molecule has 5 nitrogen and oxygen atoms in total. The van der Waals surface area contributed by atoms with Gasteiger partial charge in [0.25, 0.3) is 0 Å². The van der Waals surface area contributed by atoms with E-state index >= 15 is 0 Å². The fourth-order valence-corrected chi connectivity index (χ4v) is 1.66. The Morgan fingerprint density at radius 3 is 2.69 bits per heavy atom. The van der Waals surface area contributed by atoms with Crippen LogP contribution in [0.4, 0.5) is 0 Å². The molecule has 0 aliphatic carbocycles. The first kappa shape index (κ1) is 15.2. The van der Waals surface area contributed by atoms with E-state index in [2.05, 4.69) is 16.0 Å². The number of nitrogens with one attached hydrogen (secondary N) is 3. The number of halogens is 1. The molecule has 1 unspecified atom stereocenters. The average molecular weight is 250 g/mol. The van der Waals surface area contributed by atoms with E-state index in [1.54, 1.807) is 7.05 Å². The second-order valence-corrected chi connectivity index (χ2v) is 3.78. The molecule has 1 aliphatic rings. The second-order valence-electron chi connectivity index (χ2n) is 3.78. The van der Waals surface area contributed by atoms with Crippen molar-refractivity contribution in [2.45, 2.75) is 31.7 Å². The summed E-state index contributed by atoms with van der Waals surface area (Å²) in [5.41, 5.74) is 0. The van der Waals surface area contributed by atoms with Crippen molar-refractivity contribution in [3.8, 4) is 0 Å². The van der Waals surface area contributed by atoms with Crippen molar-refractivity contribution in [3.05, 3.63) is 0 Å². The molecular formula is C10H20ClN3O2. The van der Waals surface area contributed by atoms with E-state index < -0.39 is 0 Å². The van der Waals surface area contributed by atoms with Gasteiger partial charge in [-0.3, -0.25) is 9.59 Å². The van der Waals surface area contributed by atoms with E-state index in [9.17, 15) is 9.59 Å². The number of hydrogen-bond acceptors (Lipinski definition) is 3. The number of rotatable bonds is 5. The molecule has 0 spiro atoms. The largest absolute Gasteiger partial charge is 0.358 e. The Labute approximate surface area is 102 Å². The Kier molecular flexibility index (Phi) is 7.93. The second kappa shape index (κ2) is 8.35. The van der Waals surface area contributed by atoms with E-state index in [4.69, 9.17) is 0 Å². The van der Waals surface area contributed by atoms with Crippen LogP contribution in [0.15, 0.2) is 0 Å². The topological polar surface area (TPSA) is 70.2 Å².